The van der Waals surface area contributed by atoms with Gasteiger partial charge in [0, 0.05) is 57.9 Å². The highest BCUT2D eigenvalue weighted by molar-refractivity contribution is 14.0. The first-order valence-corrected chi connectivity index (χ1v) is 7.05. The largest absolute Gasteiger partial charge is 0.357 e. The first-order valence-electron chi connectivity index (χ1n) is 7.05. The number of aromatic nitrogens is 3. The Bertz CT molecular complexity index is 640. The molecular weight excluding hydrogens is 391 g/mol. The minimum absolute atomic E-state index is 0. The first-order chi connectivity index (χ1) is 10.0. The molecule has 2 aromatic rings. The van der Waals surface area contributed by atoms with E-state index in [1.54, 1.807) is 7.05 Å². The van der Waals surface area contributed by atoms with Gasteiger partial charge < -0.3 is 15.2 Å². The van der Waals surface area contributed by atoms with Gasteiger partial charge in [-0.15, -0.1) is 24.0 Å². The predicted molar refractivity (Wildman–Crippen MR) is 101 cm³/mol. The van der Waals surface area contributed by atoms with Crippen molar-refractivity contribution in [3.8, 4) is 0 Å². The summed E-state index contributed by atoms with van der Waals surface area (Å²) in [6.45, 7) is 5.59. The third-order valence-corrected chi connectivity index (χ3v) is 3.67. The van der Waals surface area contributed by atoms with Crippen LogP contribution in [0.2, 0.25) is 0 Å². The number of nitrogens with one attached hydrogen (secondary N) is 2. The van der Waals surface area contributed by atoms with Gasteiger partial charge in [0.05, 0.1) is 5.69 Å². The molecule has 2 N–H and O–H groups in total. The molecular formula is C15H25IN6. The summed E-state index contributed by atoms with van der Waals surface area (Å²) in [6.07, 6.45) is 4.13. The second-order valence-electron chi connectivity index (χ2n) is 5.24. The molecule has 0 aliphatic heterocycles. The second kappa shape index (κ2) is 8.21. The van der Waals surface area contributed by atoms with Gasteiger partial charge in [0.15, 0.2) is 5.96 Å². The van der Waals surface area contributed by atoms with Crippen molar-refractivity contribution in [2.45, 2.75) is 26.9 Å². The summed E-state index contributed by atoms with van der Waals surface area (Å²) in [7, 11) is 5.77. The zero-order valence-corrected chi connectivity index (χ0v) is 16.2. The highest BCUT2D eigenvalue weighted by atomic mass is 127. The van der Waals surface area contributed by atoms with Gasteiger partial charge >= 0.3 is 0 Å². The average molecular weight is 416 g/mol. The van der Waals surface area contributed by atoms with Crippen molar-refractivity contribution in [2.24, 2.45) is 19.1 Å². The van der Waals surface area contributed by atoms with Gasteiger partial charge in [-0.1, -0.05) is 0 Å². The number of halogens is 1. The number of aryl methyl sites for hydroxylation is 3. The summed E-state index contributed by atoms with van der Waals surface area (Å²) in [5.74, 6) is 0.793. The second-order valence-corrected chi connectivity index (χ2v) is 5.24. The zero-order chi connectivity index (χ0) is 15.4. The van der Waals surface area contributed by atoms with Crippen molar-refractivity contribution in [2.75, 3.05) is 7.05 Å². The first kappa shape index (κ1) is 18.5. The van der Waals surface area contributed by atoms with Gasteiger partial charge in [-0.2, -0.15) is 5.10 Å². The molecule has 0 aliphatic carbocycles. The molecule has 7 heteroatoms. The van der Waals surface area contributed by atoms with E-state index in [0.717, 1.165) is 24.7 Å². The normalized spacial score (nSPS) is 11.2. The van der Waals surface area contributed by atoms with Crippen molar-refractivity contribution >= 4 is 29.9 Å². The molecule has 2 heterocycles. The lowest BCUT2D eigenvalue weighted by Crippen LogP contribution is -2.36. The predicted octanol–water partition coefficient (Wildman–Crippen LogP) is 1.86. The van der Waals surface area contributed by atoms with Gasteiger partial charge in [0.1, 0.15) is 0 Å². The van der Waals surface area contributed by atoms with Crippen LogP contribution < -0.4 is 10.6 Å². The lowest BCUT2D eigenvalue weighted by Gasteiger charge is -2.11. The fourth-order valence-corrected chi connectivity index (χ4v) is 2.32. The topological polar surface area (TPSA) is 59.2 Å². The van der Waals surface area contributed by atoms with Crippen LogP contribution >= 0.6 is 24.0 Å². The maximum absolute atomic E-state index is 4.42. The molecule has 2 rings (SSSR count). The Labute approximate surface area is 149 Å². The van der Waals surface area contributed by atoms with E-state index in [2.05, 4.69) is 39.9 Å². The Morgan fingerprint density at radius 1 is 1.23 bits per heavy atom. The van der Waals surface area contributed by atoms with E-state index in [4.69, 9.17) is 0 Å². The Morgan fingerprint density at radius 3 is 2.41 bits per heavy atom. The third-order valence-electron chi connectivity index (χ3n) is 3.67. The minimum atomic E-state index is 0. The summed E-state index contributed by atoms with van der Waals surface area (Å²) in [4.78, 5) is 4.25. The Morgan fingerprint density at radius 2 is 1.91 bits per heavy atom. The summed E-state index contributed by atoms with van der Waals surface area (Å²) in [5.41, 5.74) is 4.69. The summed E-state index contributed by atoms with van der Waals surface area (Å²) in [6, 6.07) is 2.09. The van der Waals surface area contributed by atoms with Gasteiger partial charge in [-0.05, 0) is 25.5 Å². The van der Waals surface area contributed by atoms with E-state index in [-0.39, 0.29) is 24.0 Å². The monoisotopic (exact) mass is 416 g/mol. The lowest BCUT2D eigenvalue weighted by atomic mass is 10.2. The number of hydrogen-bond acceptors (Lipinski definition) is 2. The van der Waals surface area contributed by atoms with Crippen LogP contribution in [-0.4, -0.2) is 27.4 Å². The fraction of sp³-hybridized carbons (Fsp3) is 0.467. The van der Waals surface area contributed by atoms with E-state index in [1.807, 2.05) is 36.5 Å². The van der Waals surface area contributed by atoms with E-state index in [0.29, 0.717) is 0 Å². The molecule has 0 saturated heterocycles. The van der Waals surface area contributed by atoms with Gasteiger partial charge in [-0.3, -0.25) is 9.67 Å². The van der Waals surface area contributed by atoms with Crippen LogP contribution in [0.5, 0.6) is 0 Å². The van der Waals surface area contributed by atoms with Crippen molar-refractivity contribution in [1.82, 2.24) is 25.0 Å². The molecule has 0 unspecified atom stereocenters. The molecule has 6 nitrogen and oxygen atoms in total. The molecule has 2 aromatic heterocycles. The SMILES string of the molecule is CN=C(NCc1ccn(C)c1)NCc1c(C)nn(C)c1C.I. The zero-order valence-electron chi connectivity index (χ0n) is 13.8. The fourth-order valence-electron chi connectivity index (χ4n) is 2.32. The molecule has 0 saturated carbocycles. The Balaban J connectivity index is 0.00000242. The highest BCUT2D eigenvalue weighted by Gasteiger charge is 2.09. The van der Waals surface area contributed by atoms with Crippen LogP contribution in [-0.2, 0) is 27.2 Å². The Kier molecular flexibility index (Phi) is 6.92. The quantitative estimate of drug-likeness (QED) is 0.455. The van der Waals surface area contributed by atoms with Crippen LogP contribution in [0, 0.1) is 13.8 Å². The number of nitrogens with zero attached hydrogens (tertiary/aromatic N) is 4. The van der Waals surface area contributed by atoms with Crippen molar-refractivity contribution in [1.29, 1.82) is 0 Å². The van der Waals surface area contributed by atoms with Gasteiger partial charge in [0.25, 0.3) is 0 Å². The van der Waals surface area contributed by atoms with Crippen molar-refractivity contribution in [3.63, 3.8) is 0 Å². The summed E-state index contributed by atoms with van der Waals surface area (Å²) in [5, 5.41) is 11.1. The highest BCUT2D eigenvalue weighted by Crippen LogP contribution is 2.11. The molecule has 0 amide bonds. The number of rotatable bonds is 4. The number of guanidine groups is 1. The van der Waals surface area contributed by atoms with Crippen molar-refractivity contribution < 1.29 is 0 Å². The van der Waals surface area contributed by atoms with E-state index in [9.17, 15) is 0 Å². The summed E-state index contributed by atoms with van der Waals surface area (Å²) < 4.78 is 3.95. The maximum Gasteiger partial charge on any atom is 0.191 e. The third kappa shape index (κ3) is 4.49. The van der Waals surface area contributed by atoms with Crippen LogP contribution in [0.4, 0.5) is 0 Å². The Hall–Kier alpha value is -1.51. The average Bonchev–Trinajstić information content (AvgIpc) is 2.96. The standard InChI is InChI=1S/C15H24N6.HI/c1-11-14(12(2)21(5)19-11)9-18-15(16-3)17-8-13-6-7-20(4)10-13;/h6-7,10H,8-9H2,1-5H3,(H2,16,17,18);1H. The molecule has 0 bridgehead atoms. The van der Waals surface area contributed by atoms with Gasteiger partial charge in [-0.25, -0.2) is 0 Å². The van der Waals surface area contributed by atoms with Crippen LogP contribution in [0.15, 0.2) is 23.5 Å². The molecule has 0 spiro atoms. The smallest absolute Gasteiger partial charge is 0.191 e. The van der Waals surface area contributed by atoms with E-state index < -0.39 is 0 Å². The van der Waals surface area contributed by atoms with E-state index in [1.165, 1.54) is 16.8 Å². The minimum Gasteiger partial charge on any atom is -0.357 e. The van der Waals surface area contributed by atoms with E-state index >= 15 is 0 Å². The molecule has 0 atom stereocenters. The lowest BCUT2D eigenvalue weighted by molar-refractivity contribution is 0.728. The van der Waals surface area contributed by atoms with Crippen LogP contribution in [0.1, 0.15) is 22.5 Å². The molecule has 0 aliphatic rings. The summed E-state index contributed by atoms with van der Waals surface area (Å²) >= 11 is 0. The molecule has 122 valence electrons. The van der Waals surface area contributed by atoms with Crippen molar-refractivity contribution in [3.05, 3.63) is 41.0 Å². The van der Waals surface area contributed by atoms with Crippen LogP contribution in [0.25, 0.3) is 0 Å². The van der Waals surface area contributed by atoms with Gasteiger partial charge in [0.2, 0.25) is 0 Å². The number of aliphatic imine (C=N–C) groups is 1. The maximum atomic E-state index is 4.42. The van der Waals surface area contributed by atoms with Crippen LogP contribution in [0.3, 0.4) is 0 Å². The molecule has 0 aromatic carbocycles. The number of hydrogen-bond donors (Lipinski definition) is 2. The molecule has 0 fully saturated rings. The molecule has 22 heavy (non-hydrogen) atoms. The molecule has 0 radical (unpaired) electrons.